The fourth-order valence-electron chi connectivity index (χ4n) is 8.86. The first-order valence-corrected chi connectivity index (χ1v) is 24.2. The molecule has 0 saturated carbocycles. The number of fused-ring (bicyclic) bond motifs is 3. The van der Waals surface area contributed by atoms with E-state index in [4.69, 9.17) is 6.57 Å². The Hall–Kier alpha value is -7.39. The number of nitrogens with zero attached hydrogens (tertiary/aromatic N) is 3. The Morgan fingerprint density at radius 1 is 0.373 bits per heavy atom. The Bertz CT molecular complexity index is 2970. The fourth-order valence-corrected chi connectivity index (χ4v) is 18.8. The molecular weight excluding hydrogens is 775 g/mol. The summed E-state index contributed by atoms with van der Waals surface area (Å²) in [6, 6.07) is 85.5. The van der Waals surface area contributed by atoms with Gasteiger partial charge in [0.05, 0.1) is 0 Å². The van der Waals surface area contributed by atoms with Crippen LogP contribution < -0.4 is 22.5 Å². The van der Waals surface area contributed by atoms with Gasteiger partial charge in [0.2, 0.25) is 0 Å². The molecule has 0 N–H and O–H groups in total. The Morgan fingerprint density at radius 3 is 1.37 bits per heavy atom. The number of aromatic nitrogens is 1. The van der Waals surface area contributed by atoms with E-state index in [1.54, 1.807) is 0 Å². The summed E-state index contributed by atoms with van der Waals surface area (Å²) >= 11 is -3.46. The molecule has 10 rings (SSSR count). The number of hydrogen-bond donors (Lipinski definition) is 0. The van der Waals surface area contributed by atoms with Crippen LogP contribution in [-0.2, 0) is 0 Å². The first-order chi connectivity index (χ1) is 29.2. The van der Waals surface area contributed by atoms with Crippen LogP contribution in [-0.4, -0.2) is 17.8 Å². The molecular formula is C55H39GeN3. The van der Waals surface area contributed by atoms with E-state index in [1.807, 2.05) is 12.1 Å². The molecule has 0 atom stereocenters. The molecule has 9 aromatic carbocycles. The maximum absolute atomic E-state index is 7.65. The van der Waals surface area contributed by atoms with Crippen LogP contribution in [0, 0.1) is 6.57 Å². The minimum absolute atomic E-state index is 0.618. The molecule has 1 heterocycles. The van der Waals surface area contributed by atoms with Crippen molar-refractivity contribution < 1.29 is 0 Å². The molecule has 0 aliphatic carbocycles. The number of benzene rings is 9. The summed E-state index contributed by atoms with van der Waals surface area (Å²) in [6.45, 7) is 7.65. The van der Waals surface area contributed by atoms with Gasteiger partial charge in [0.25, 0.3) is 0 Å². The molecule has 1 aromatic heterocycles. The Balaban J connectivity index is 1.13. The fraction of sp³-hybridized carbons (Fsp3) is 0. The third kappa shape index (κ3) is 6.41. The molecule has 278 valence electrons. The SMILES string of the molecule is [C-]#[N+]c1ccc(N(c2cc[c]([Ge]([c]3ccccc3)([c]3ccccc3)[c]3ccccc3)cc2)c2ccc3c(c2)c2ccccc2n3-c2ccc(-c3ccccc3)cc2)cc1. The molecule has 0 aliphatic rings. The van der Waals surface area contributed by atoms with Crippen LogP contribution in [0.15, 0.2) is 237 Å². The second-order valence-electron chi connectivity index (χ2n) is 14.8. The van der Waals surface area contributed by atoms with E-state index < -0.39 is 13.3 Å². The molecule has 0 saturated heterocycles. The van der Waals surface area contributed by atoms with Crippen LogP contribution in [0.2, 0.25) is 0 Å². The van der Waals surface area contributed by atoms with Crippen molar-refractivity contribution in [1.29, 1.82) is 0 Å². The standard InChI is InChI=1S/C55H39GeN3/c1-57-47-30-36-49(37-31-47)58(48-34-28-46(29-35-48)56(43-18-8-3-9-19-43,44-20-10-4-11-21-44)45-22-12-5-13-23-45)51-38-39-55-53(40-51)52-24-14-15-25-54(52)59(55)50-32-26-42(27-33-50)41-16-6-2-7-17-41/h2-40H. The zero-order valence-corrected chi connectivity index (χ0v) is 34.5. The van der Waals surface area contributed by atoms with Gasteiger partial charge in [-0.05, 0) is 11.1 Å². The summed E-state index contributed by atoms with van der Waals surface area (Å²) in [5.41, 5.74) is 9.54. The summed E-state index contributed by atoms with van der Waals surface area (Å²) in [5.74, 6) is 0. The molecule has 0 amide bonds. The van der Waals surface area contributed by atoms with Crippen LogP contribution in [0.3, 0.4) is 0 Å². The van der Waals surface area contributed by atoms with Crippen LogP contribution >= 0.6 is 0 Å². The topological polar surface area (TPSA) is 12.5 Å². The molecule has 0 fully saturated rings. The number of para-hydroxylation sites is 1. The van der Waals surface area contributed by atoms with E-state index >= 15 is 0 Å². The van der Waals surface area contributed by atoms with Crippen molar-refractivity contribution in [1.82, 2.24) is 4.57 Å². The van der Waals surface area contributed by atoms with Gasteiger partial charge in [-0.25, -0.2) is 0 Å². The van der Waals surface area contributed by atoms with Gasteiger partial charge >= 0.3 is 296 Å². The van der Waals surface area contributed by atoms with Gasteiger partial charge in [0.15, 0.2) is 0 Å². The average Bonchev–Trinajstić information content (AvgIpc) is 3.65. The molecule has 0 unspecified atom stereocenters. The van der Waals surface area contributed by atoms with Crippen LogP contribution in [0.25, 0.3) is 43.5 Å². The van der Waals surface area contributed by atoms with E-state index in [9.17, 15) is 0 Å². The van der Waals surface area contributed by atoms with Crippen molar-refractivity contribution in [2.75, 3.05) is 4.90 Å². The third-order valence-electron chi connectivity index (χ3n) is 11.6. The molecule has 3 nitrogen and oxygen atoms in total. The van der Waals surface area contributed by atoms with Gasteiger partial charge < -0.3 is 0 Å². The zero-order valence-electron chi connectivity index (χ0n) is 32.4. The molecule has 0 aliphatic heterocycles. The molecule has 4 heteroatoms. The monoisotopic (exact) mass is 815 g/mol. The molecule has 0 spiro atoms. The van der Waals surface area contributed by atoms with Gasteiger partial charge in [0, 0.05) is 0 Å². The van der Waals surface area contributed by atoms with Crippen molar-refractivity contribution in [2.24, 2.45) is 0 Å². The average molecular weight is 815 g/mol. The van der Waals surface area contributed by atoms with Crippen molar-refractivity contribution in [3.63, 3.8) is 0 Å². The summed E-state index contributed by atoms with van der Waals surface area (Å²) in [4.78, 5) is 6.03. The number of rotatable bonds is 9. The predicted octanol–water partition coefficient (Wildman–Crippen LogP) is 11.8. The summed E-state index contributed by atoms with van der Waals surface area (Å²) in [5, 5.41) is 2.37. The Labute approximate surface area is 347 Å². The minimum atomic E-state index is -3.46. The summed E-state index contributed by atoms with van der Waals surface area (Å²) in [6.07, 6.45) is 0. The van der Waals surface area contributed by atoms with Gasteiger partial charge in [-0.15, -0.1) is 0 Å². The van der Waals surface area contributed by atoms with Gasteiger partial charge in [0.1, 0.15) is 0 Å². The van der Waals surface area contributed by atoms with E-state index in [0.717, 1.165) is 33.8 Å². The Kier molecular flexibility index (Phi) is 9.46. The summed E-state index contributed by atoms with van der Waals surface area (Å²) < 4.78 is 7.90. The second-order valence-corrected chi connectivity index (χ2v) is 22.8. The zero-order chi connectivity index (χ0) is 39.6. The van der Waals surface area contributed by atoms with Crippen LogP contribution in [0.1, 0.15) is 0 Å². The van der Waals surface area contributed by atoms with E-state index in [-0.39, 0.29) is 0 Å². The number of anilines is 3. The van der Waals surface area contributed by atoms with Gasteiger partial charge in [-0.3, -0.25) is 0 Å². The third-order valence-corrected chi connectivity index (χ3v) is 21.6. The van der Waals surface area contributed by atoms with E-state index in [0.29, 0.717) is 5.69 Å². The number of hydrogen-bond acceptors (Lipinski definition) is 1. The van der Waals surface area contributed by atoms with Gasteiger partial charge in [-0.1, -0.05) is 42.5 Å². The second kappa shape index (κ2) is 15.5. The van der Waals surface area contributed by atoms with Crippen molar-refractivity contribution in [3.8, 4) is 16.8 Å². The first-order valence-electron chi connectivity index (χ1n) is 20.0. The molecule has 0 radical (unpaired) electrons. The normalized spacial score (nSPS) is 11.4. The molecule has 0 bridgehead atoms. The first kappa shape index (κ1) is 36.0. The van der Waals surface area contributed by atoms with E-state index in [2.05, 4.69) is 239 Å². The Morgan fingerprint density at radius 2 is 0.814 bits per heavy atom. The van der Waals surface area contributed by atoms with Gasteiger partial charge in [-0.2, -0.15) is 0 Å². The molecule has 10 aromatic rings. The predicted molar refractivity (Wildman–Crippen MR) is 251 cm³/mol. The van der Waals surface area contributed by atoms with Crippen LogP contribution in [0.4, 0.5) is 22.7 Å². The molecule has 59 heavy (non-hydrogen) atoms. The van der Waals surface area contributed by atoms with E-state index in [1.165, 1.54) is 39.5 Å². The van der Waals surface area contributed by atoms with Crippen molar-refractivity contribution in [3.05, 3.63) is 248 Å². The van der Waals surface area contributed by atoms with Crippen LogP contribution in [0.5, 0.6) is 0 Å². The maximum atomic E-state index is 7.65. The summed E-state index contributed by atoms with van der Waals surface area (Å²) in [7, 11) is 0. The van der Waals surface area contributed by atoms with Crippen molar-refractivity contribution >= 4 is 75.4 Å². The quantitative estimate of drug-likeness (QED) is 0.104. The van der Waals surface area contributed by atoms with Crippen molar-refractivity contribution in [2.45, 2.75) is 0 Å².